The molecule has 4 heteroatoms. The Morgan fingerprint density at radius 1 is 1.18 bits per heavy atom. The largest absolute Gasteiger partial charge is 0.465 e. The maximum absolute atomic E-state index is 13.0. The second-order valence-corrected chi connectivity index (χ2v) is 5.28. The van der Waals surface area contributed by atoms with E-state index in [9.17, 15) is 9.18 Å². The molecular weight excluding hydrogens is 281 g/mol. The van der Waals surface area contributed by atoms with Gasteiger partial charge in [0.1, 0.15) is 5.82 Å². The summed E-state index contributed by atoms with van der Waals surface area (Å²) in [6, 6.07) is 11.9. The van der Waals surface area contributed by atoms with E-state index in [2.05, 4.69) is 4.98 Å². The molecular formula is C18H16FNO2. The summed E-state index contributed by atoms with van der Waals surface area (Å²) < 4.78 is 17.8. The Bertz CT molecular complexity index is 834. The van der Waals surface area contributed by atoms with Crippen LogP contribution in [-0.2, 0) is 11.2 Å². The van der Waals surface area contributed by atoms with E-state index < -0.39 is 0 Å². The van der Waals surface area contributed by atoms with Crippen molar-refractivity contribution in [3.8, 4) is 0 Å². The van der Waals surface area contributed by atoms with Gasteiger partial charge in [0.25, 0.3) is 0 Å². The smallest absolute Gasteiger partial charge is 0.337 e. The lowest BCUT2D eigenvalue weighted by atomic mass is 10.0. The molecule has 3 nitrogen and oxygen atoms in total. The summed E-state index contributed by atoms with van der Waals surface area (Å²) in [4.78, 5) is 15.0. The van der Waals surface area contributed by atoms with E-state index in [1.54, 1.807) is 18.2 Å². The number of ether oxygens (including phenoxy) is 1. The molecule has 112 valence electrons. The van der Waals surface area contributed by atoms with Crippen LogP contribution in [0.25, 0.3) is 10.9 Å². The van der Waals surface area contributed by atoms with Crippen LogP contribution in [0.15, 0.2) is 42.5 Å². The summed E-state index contributed by atoms with van der Waals surface area (Å²) in [6.45, 7) is 2.00. The highest BCUT2D eigenvalue weighted by Gasteiger charge is 2.13. The van der Waals surface area contributed by atoms with Crippen molar-refractivity contribution in [2.45, 2.75) is 13.3 Å². The minimum atomic E-state index is -0.353. The van der Waals surface area contributed by atoms with E-state index in [0.717, 1.165) is 27.7 Å². The Labute approximate surface area is 127 Å². The summed E-state index contributed by atoms with van der Waals surface area (Å²) in [5, 5.41) is 0.990. The lowest BCUT2D eigenvalue weighted by Gasteiger charge is -2.04. The first kappa shape index (κ1) is 14.3. The molecule has 0 radical (unpaired) electrons. The highest BCUT2D eigenvalue weighted by molar-refractivity contribution is 5.96. The zero-order valence-corrected chi connectivity index (χ0v) is 12.4. The normalized spacial score (nSPS) is 10.9. The first-order valence-electron chi connectivity index (χ1n) is 7.02. The monoisotopic (exact) mass is 297 g/mol. The van der Waals surface area contributed by atoms with Gasteiger partial charge in [-0.3, -0.25) is 0 Å². The van der Waals surface area contributed by atoms with Crippen molar-refractivity contribution in [3.05, 3.63) is 70.7 Å². The number of aromatic amines is 1. The number of carbonyl (C=O) groups is 1. The van der Waals surface area contributed by atoms with Crippen LogP contribution in [0.4, 0.5) is 4.39 Å². The van der Waals surface area contributed by atoms with Crippen molar-refractivity contribution < 1.29 is 13.9 Å². The van der Waals surface area contributed by atoms with Gasteiger partial charge in [-0.05, 0) is 54.8 Å². The third-order valence-electron chi connectivity index (χ3n) is 3.83. The molecule has 1 N–H and O–H groups in total. The first-order valence-corrected chi connectivity index (χ1v) is 7.02. The number of nitrogens with one attached hydrogen (secondary N) is 1. The molecule has 0 aliphatic heterocycles. The predicted octanol–water partition coefficient (Wildman–Crippen LogP) is 3.99. The number of carbonyl (C=O) groups excluding carboxylic acids is 1. The fourth-order valence-electron chi connectivity index (χ4n) is 2.66. The standard InChI is InChI=1S/C18H16FNO2/c1-11-15(9-12-3-6-14(19)7-4-12)16-10-13(18(21)22-2)5-8-17(16)20-11/h3-8,10,20H,9H2,1-2H3. The number of aryl methyl sites for hydroxylation is 1. The van der Waals surface area contributed by atoms with Gasteiger partial charge in [0, 0.05) is 16.6 Å². The van der Waals surface area contributed by atoms with E-state index in [4.69, 9.17) is 4.74 Å². The fourth-order valence-corrected chi connectivity index (χ4v) is 2.66. The highest BCUT2D eigenvalue weighted by Crippen LogP contribution is 2.26. The second kappa shape index (κ2) is 5.64. The van der Waals surface area contributed by atoms with Gasteiger partial charge >= 0.3 is 5.97 Å². The zero-order valence-electron chi connectivity index (χ0n) is 12.4. The number of halogens is 1. The molecule has 1 aromatic heterocycles. The molecule has 0 fully saturated rings. The van der Waals surface area contributed by atoms with Gasteiger partial charge < -0.3 is 9.72 Å². The Morgan fingerprint density at radius 3 is 2.59 bits per heavy atom. The average molecular weight is 297 g/mol. The Balaban J connectivity index is 2.05. The molecule has 0 aliphatic carbocycles. The maximum atomic E-state index is 13.0. The number of aromatic nitrogens is 1. The molecule has 22 heavy (non-hydrogen) atoms. The van der Waals surface area contributed by atoms with Crippen LogP contribution in [-0.4, -0.2) is 18.1 Å². The van der Waals surface area contributed by atoms with Crippen molar-refractivity contribution >= 4 is 16.9 Å². The van der Waals surface area contributed by atoms with Gasteiger partial charge in [-0.2, -0.15) is 0 Å². The lowest BCUT2D eigenvalue weighted by Crippen LogP contribution is -2.00. The zero-order chi connectivity index (χ0) is 15.7. The van der Waals surface area contributed by atoms with Crippen LogP contribution in [0.2, 0.25) is 0 Å². The summed E-state index contributed by atoms with van der Waals surface area (Å²) >= 11 is 0. The Morgan fingerprint density at radius 2 is 1.91 bits per heavy atom. The second-order valence-electron chi connectivity index (χ2n) is 5.28. The van der Waals surface area contributed by atoms with Crippen molar-refractivity contribution in [3.63, 3.8) is 0 Å². The molecule has 0 aliphatic rings. The maximum Gasteiger partial charge on any atom is 0.337 e. The van der Waals surface area contributed by atoms with Gasteiger partial charge in [-0.1, -0.05) is 12.1 Å². The predicted molar refractivity (Wildman–Crippen MR) is 83.6 cm³/mol. The minimum Gasteiger partial charge on any atom is -0.465 e. The van der Waals surface area contributed by atoms with Crippen LogP contribution in [0, 0.1) is 12.7 Å². The van der Waals surface area contributed by atoms with E-state index in [-0.39, 0.29) is 11.8 Å². The molecule has 1 heterocycles. The Kier molecular flexibility index (Phi) is 3.67. The van der Waals surface area contributed by atoms with Gasteiger partial charge in [-0.15, -0.1) is 0 Å². The van der Waals surface area contributed by atoms with E-state index in [1.165, 1.54) is 19.2 Å². The number of hydrogen-bond acceptors (Lipinski definition) is 2. The quantitative estimate of drug-likeness (QED) is 0.743. The summed E-state index contributed by atoms with van der Waals surface area (Å²) in [7, 11) is 1.37. The van der Waals surface area contributed by atoms with Crippen LogP contribution in [0.3, 0.4) is 0 Å². The number of benzene rings is 2. The van der Waals surface area contributed by atoms with Crippen molar-refractivity contribution in [2.75, 3.05) is 7.11 Å². The van der Waals surface area contributed by atoms with E-state index >= 15 is 0 Å². The third kappa shape index (κ3) is 2.60. The topological polar surface area (TPSA) is 42.1 Å². The molecule has 0 atom stereocenters. The van der Waals surface area contributed by atoms with E-state index in [0.29, 0.717) is 12.0 Å². The van der Waals surface area contributed by atoms with Crippen molar-refractivity contribution in [1.82, 2.24) is 4.98 Å². The van der Waals surface area contributed by atoms with Gasteiger partial charge in [0.15, 0.2) is 0 Å². The van der Waals surface area contributed by atoms with E-state index in [1.807, 2.05) is 19.1 Å². The summed E-state index contributed by atoms with van der Waals surface area (Å²) in [5.74, 6) is -0.596. The third-order valence-corrected chi connectivity index (χ3v) is 3.83. The number of H-pyrrole nitrogens is 1. The van der Waals surface area contributed by atoms with Crippen LogP contribution in [0.1, 0.15) is 27.2 Å². The molecule has 2 aromatic carbocycles. The minimum absolute atomic E-state index is 0.243. The Hall–Kier alpha value is -2.62. The van der Waals surface area contributed by atoms with Crippen molar-refractivity contribution in [1.29, 1.82) is 0 Å². The number of esters is 1. The summed E-state index contributed by atoms with van der Waals surface area (Å²) in [5.41, 5.74) is 4.67. The molecule has 0 saturated carbocycles. The van der Waals surface area contributed by atoms with Crippen LogP contribution < -0.4 is 0 Å². The molecule has 0 saturated heterocycles. The highest BCUT2D eigenvalue weighted by atomic mass is 19.1. The molecule has 0 spiro atoms. The molecule has 0 amide bonds. The first-order chi connectivity index (χ1) is 10.6. The van der Waals surface area contributed by atoms with Crippen molar-refractivity contribution in [2.24, 2.45) is 0 Å². The number of methoxy groups -OCH3 is 1. The van der Waals surface area contributed by atoms with Gasteiger partial charge in [-0.25, -0.2) is 9.18 Å². The number of fused-ring (bicyclic) bond motifs is 1. The fraction of sp³-hybridized carbons (Fsp3) is 0.167. The van der Waals surface area contributed by atoms with Crippen LogP contribution >= 0.6 is 0 Å². The molecule has 3 rings (SSSR count). The summed E-state index contributed by atoms with van der Waals surface area (Å²) in [6.07, 6.45) is 0.677. The van der Waals surface area contributed by atoms with Gasteiger partial charge in [0.2, 0.25) is 0 Å². The SMILES string of the molecule is COC(=O)c1ccc2[nH]c(C)c(Cc3ccc(F)cc3)c2c1. The molecule has 0 bridgehead atoms. The lowest BCUT2D eigenvalue weighted by molar-refractivity contribution is 0.0601. The number of hydrogen-bond donors (Lipinski definition) is 1. The molecule has 0 unspecified atom stereocenters. The van der Waals surface area contributed by atoms with Gasteiger partial charge in [0.05, 0.1) is 12.7 Å². The van der Waals surface area contributed by atoms with Crippen LogP contribution in [0.5, 0.6) is 0 Å². The molecule has 3 aromatic rings. The average Bonchev–Trinajstić information content (AvgIpc) is 2.84. The number of rotatable bonds is 3.